The predicted molar refractivity (Wildman–Crippen MR) is 119 cm³/mol. The van der Waals surface area contributed by atoms with Gasteiger partial charge in [-0.15, -0.1) is 0 Å². The highest BCUT2D eigenvalue weighted by Gasteiger charge is 2.61. The molecule has 2 nitrogen and oxygen atoms in total. The Labute approximate surface area is 178 Å². The molecule has 0 unspecified atom stereocenters. The van der Waals surface area contributed by atoms with Gasteiger partial charge in [0, 0.05) is 5.92 Å². The van der Waals surface area contributed by atoms with Crippen LogP contribution in [0.4, 0.5) is 0 Å². The van der Waals surface area contributed by atoms with Gasteiger partial charge in [0.2, 0.25) is 0 Å². The summed E-state index contributed by atoms with van der Waals surface area (Å²) in [5.74, 6) is 4.11. The number of hydrogen-bond donors (Lipinski definition) is 1. The van der Waals surface area contributed by atoms with Crippen LogP contribution in [-0.2, 0) is 4.79 Å². The lowest BCUT2D eigenvalue weighted by Gasteiger charge is -2.57. The molecule has 0 aromatic heterocycles. The van der Waals surface area contributed by atoms with Crippen molar-refractivity contribution >= 4 is 5.78 Å². The van der Waals surface area contributed by atoms with Gasteiger partial charge >= 0.3 is 0 Å². The first kappa shape index (κ1) is 21.6. The van der Waals surface area contributed by atoms with E-state index in [0.29, 0.717) is 23.0 Å². The number of hydrogen-bond acceptors (Lipinski definition) is 2. The molecule has 0 radical (unpaired) electrons. The summed E-state index contributed by atoms with van der Waals surface area (Å²) in [4.78, 5) is 13.4. The van der Waals surface area contributed by atoms with Crippen LogP contribution in [-0.4, -0.2) is 17.0 Å². The first-order valence-corrected chi connectivity index (χ1v) is 12.6. The second kappa shape index (κ2) is 7.81. The summed E-state index contributed by atoms with van der Waals surface area (Å²) < 4.78 is 0. The molecular formula is C27H44O2. The topological polar surface area (TPSA) is 37.3 Å². The van der Waals surface area contributed by atoms with Crippen molar-refractivity contribution < 1.29 is 9.90 Å². The normalized spacial score (nSPS) is 45.4. The van der Waals surface area contributed by atoms with E-state index >= 15 is 0 Å². The lowest BCUT2D eigenvalue weighted by atomic mass is 9.46. The van der Waals surface area contributed by atoms with Gasteiger partial charge in [0.25, 0.3) is 0 Å². The zero-order valence-corrected chi connectivity index (χ0v) is 19.5. The van der Waals surface area contributed by atoms with Gasteiger partial charge in [-0.2, -0.15) is 0 Å². The summed E-state index contributed by atoms with van der Waals surface area (Å²) in [6, 6.07) is 0. The minimum atomic E-state index is -0.241. The quantitative estimate of drug-likeness (QED) is 0.567. The Morgan fingerprint density at radius 2 is 1.79 bits per heavy atom. The summed E-state index contributed by atoms with van der Waals surface area (Å²) in [5.41, 5.74) is 1.77. The van der Waals surface area contributed by atoms with Crippen LogP contribution in [0.3, 0.4) is 0 Å². The van der Waals surface area contributed by atoms with E-state index in [1.54, 1.807) is 0 Å². The maximum atomic E-state index is 13.4. The van der Waals surface area contributed by atoms with Crippen LogP contribution in [0.15, 0.2) is 11.6 Å². The zero-order valence-electron chi connectivity index (χ0n) is 19.5. The van der Waals surface area contributed by atoms with Crippen LogP contribution in [0.2, 0.25) is 0 Å². The summed E-state index contributed by atoms with van der Waals surface area (Å²) in [6.07, 6.45) is 13.6. The molecule has 1 N–H and O–H groups in total. The number of aliphatic hydroxyl groups excluding tert-OH is 1. The fraction of sp³-hybridized carbons (Fsp3) is 0.889. The first-order valence-electron chi connectivity index (χ1n) is 12.6. The molecule has 0 amide bonds. The van der Waals surface area contributed by atoms with Crippen LogP contribution >= 0.6 is 0 Å². The Morgan fingerprint density at radius 3 is 2.52 bits per heavy atom. The lowest BCUT2D eigenvalue weighted by molar-refractivity contribution is -0.135. The maximum absolute atomic E-state index is 13.4. The lowest BCUT2D eigenvalue weighted by Crippen LogP contribution is -2.53. The number of aliphatic hydroxyl groups is 1. The third kappa shape index (κ3) is 3.56. The van der Waals surface area contributed by atoms with Crippen LogP contribution in [0.5, 0.6) is 0 Å². The predicted octanol–water partition coefficient (Wildman–Crippen LogP) is 6.57. The van der Waals surface area contributed by atoms with Crippen LogP contribution in [0.1, 0.15) is 98.8 Å². The van der Waals surface area contributed by atoms with Gasteiger partial charge in [0.1, 0.15) is 0 Å². The molecule has 29 heavy (non-hydrogen) atoms. The zero-order chi connectivity index (χ0) is 21.0. The summed E-state index contributed by atoms with van der Waals surface area (Å²) in [5, 5.41) is 10.2. The summed E-state index contributed by atoms with van der Waals surface area (Å²) >= 11 is 0. The Morgan fingerprint density at radius 1 is 1.03 bits per heavy atom. The van der Waals surface area contributed by atoms with Gasteiger partial charge in [-0.25, -0.2) is 0 Å². The van der Waals surface area contributed by atoms with E-state index in [2.05, 4.69) is 34.6 Å². The van der Waals surface area contributed by atoms with E-state index in [-0.39, 0.29) is 17.4 Å². The summed E-state index contributed by atoms with van der Waals surface area (Å²) in [6.45, 7) is 12.1. The monoisotopic (exact) mass is 400 g/mol. The standard InChI is InChI=1S/C27H44O2/c1-17(2)7-6-8-18(3)21-9-10-22-25-23(12-14-27(21,22)5)26(4)13-11-20(28)15-19(26)16-24(25)29/h16-18,20-23,25,28H,6-15H2,1-5H3/t18-,20+,21-,22+,23+,25-,26+,27+/m0/s1. The molecule has 4 aliphatic carbocycles. The van der Waals surface area contributed by atoms with E-state index in [1.165, 1.54) is 50.5 Å². The van der Waals surface area contributed by atoms with Crippen molar-refractivity contribution in [2.24, 2.45) is 46.3 Å². The van der Waals surface area contributed by atoms with Crippen molar-refractivity contribution in [2.45, 2.75) is 105 Å². The van der Waals surface area contributed by atoms with Crippen molar-refractivity contribution in [3.63, 3.8) is 0 Å². The largest absolute Gasteiger partial charge is 0.393 e. The summed E-state index contributed by atoms with van der Waals surface area (Å²) in [7, 11) is 0. The molecular weight excluding hydrogens is 356 g/mol. The minimum Gasteiger partial charge on any atom is -0.393 e. The SMILES string of the molecule is CC(C)CCC[C@H](C)[C@@H]1CC[C@@H]2[C@@H]3C(=O)C=C4C[C@H](O)CC[C@@]4(C)[C@@H]3CC[C@@]21C. The minimum absolute atomic E-state index is 0.153. The molecule has 2 heteroatoms. The van der Waals surface area contributed by atoms with Gasteiger partial charge in [-0.3, -0.25) is 4.79 Å². The molecule has 3 saturated carbocycles. The van der Waals surface area contributed by atoms with E-state index in [4.69, 9.17) is 0 Å². The maximum Gasteiger partial charge on any atom is 0.159 e. The van der Waals surface area contributed by atoms with Crippen molar-refractivity contribution in [1.29, 1.82) is 0 Å². The Kier molecular flexibility index (Phi) is 5.82. The Bertz CT molecular complexity index is 663. The van der Waals surface area contributed by atoms with Crippen molar-refractivity contribution in [3.05, 3.63) is 11.6 Å². The first-order chi connectivity index (χ1) is 13.7. The molecule has 0 aliphatic heterocycles. The average Bonchev–Trinajstić information content (AvgIpc) is 3.00. The number of fused-ring (bicyclic) bond motifs is 5. The van der Waals surface area contributed by atoms with Crippen molar-refractivity contribution in [2.75, 3.05) is 0 Å². The highest BCUT2D eigenvalue weighted by molar-refractivity contribution is 5.94. The average molecular weight is 401 g/mol. The van der Waals surface area contributed by atoms with E-state index in [9.17, 15) is 9.90 Å². The van der Waals surface area contributed by atoms with Gasteiger partial charge in [0.05, 0.1) is 6.10 Å². The van der Waals surface area contributed by atoms with E-state index in [0.717, 1.165) is 37.0 Å². The number of carbonyl (C=O) groups is 1. The highest BCUT2D eigenvalue weighted by Crippen LogP contribution is 2.66. The van der Waals surface area contributed by atoms with Crippen molar-refractivity contribution in [1.82, 2.24) is 0 Å². The number of carbonyl (C=O) groups excluding carboxylic acids is 1. The smallest absolute Gasteiger partial charge is 0.159 e. The molecule has 0 saturated heterocycles. The molecule has 4 aliphatic rings. The molecule has 0 spiro atoms. The number of ketones is 1. The molecule has 4 rings (SSSR count). The van der Waals surface area contributed by atoms with Crippen molar-refractivity contribution in [3.8, 4) is 0 Å². The Hall–Kier alpha value is -0.630. The third-order valence-corrected chi connectivity index (χ3v) is 10.1. The molecule has 3 fully saturated rings. The third-order valence-electron chi connectivity index (χ3n) is 10.1. The van der Waals surface area contributed by atoms with Gasteiger partial charge in [-0.1, -0.05) is 59.5 Å². The number of allylic oxidation sites excluding steroid dienone is 1. The second-order valence-electron chi connectivity index (χ2n) is 12.2. The van der Waals surface area contributed by atoms with Gasteiger partial charge < -0.3 is 5.11 Å². The molecule has 164 valence electrons. The highest BCUT2D eigenvalue weighted by atomic mass is 16.3. The van der Waals surface area contributed by atoms with E-state index in [1.807, 2.05) is 6.08 Å². The fourth-order valence-electron chi connectivity index (χ4n) is 8.41. The molecule has 0 aromatic carbocycles. The molecule has 8 atom stereocenters. The molecule has 0 bridgehead atoms. The van der Waals surface area contributed by atoms with E-state index < -0.39 is 0 Å². The molecule has 0 aromatic rings. The van der Waals surface area contributed by atoms with Crippen LogP contribution < -0.4 is 0 Å². The second-order valence-corrected chi connectivity index (χ2v) is 12.2. The van der Waals surface area contributed by atoms with Gasteiger partial charge in [-0.05, 0) is 91.4 Å². The van der Waals surface area contributed by atoms with Crippen LogP contribution in [0.25, 0.3) is 0 Å². The van der Waals surface area contributed by atoms with Crippen LogP contribution in [0, 0.1) is 46.3 Å². The number of rotatable bonds is 5. The fourth-order valence-corrected chi connectivity index (χ4v) is 8.41. The molecule has 0 heterocycles. The van der Waals surface area contributed by atoms with Gasteiger partial charge in [0.15, 0.2) is 5.78 Å². The Balaban J connectivity index is 1.54.